The number of halogens is 3. The number of ether oxygens (including phenoxy) is 3. The van der Waals surface area contributed by atoms with Crippen LogP contribution in [-0.2, 0) is 43.4 Å². The first-order valence-electron chi connectivity index (χ1n) is 18.2. The molecule has 316 valence electrons. The predicted octanol–water partition coefficient (Wildman–Crippen LogP) is 4.73. The van der Waals surface area contributed by atoms with E-state index in [1.54, 1.807) is 51.9 Å². The van der Waals surface area contributed by atoms with Crippen LogP contribution in [0.15, 0.2) is 40.4 Å². The van der Waals surface area contributed by atoms with Crippen LogP contribution >= 0.6 is 0 Å². The average Bonchev–Trinajstić information content (AvgIpc) is 3.58. The molecule has 5 atom stereocenters. The lowest BCUT2D eigenvalue weighted by molar-refractivity contribution is -0.167. The summed E-state index contributed by atoms with van der Waals surface area (Å²) in [4.78, 5) is 67.6. The minimum Gasteiger partial charge on any atom is -0.444 e. The zero-order valence-electron chi connectivity index (χ0n) is 33.8. The monoisotopic (exact) mass is 819 g/mol. The molecule has 2 rings (SSSR count). The fourth-order valence-electron chi connectivity index (χ4n) is 6.29. The summed E-state index contributed by atoms with van der Waals surface area (Å²) in [5.41, 5.74) is 0.105. The molecule has 0 spiro atoms. The van der Waals surface area contributed by atoms with Crippen LogP contribution in [0.2, 0.25) is 0 Å². The highest BCUT2D eigenvalue weighted by Gasteiger charge is 2.42. The van der Waals surface area contributed by atoms with E-state index in [9.17, 15) is 45.6 Å². The average molecular weight is 820 g/mol. The molecule has 0 aliphatic carbocycles. The van der Waals surface area contributed by atoms with Crippen LogP contribution in [-0.4, -0.2) is 112 Å². The first-order valence-corrected chi connectivity index (χ1v) is 19.6. The van der Waals surface area contributed by atoms with E-state index in [-0.39, 0.29) is 23.9 Å². The summed E-state index contributed by atoms with van der Waals surface area (Å²) in [7, 11) is -0.215. The van der Waals surface area contributed by atoms with Crippen LogP contribution in [0.1, 0.15) is 81.1 Å². The van der Waals surface area contributed by atoms with E-state index in [4.69, 9.17) is 14.2 Å². The van der Waals surface area contributed by atoms with Crippen LogP contribution in [0.25, 0.3) is 0 Å². The van der Waals surface area contributed by atoms with Gasteiger partial charge in [0.15, 0.2) is 0 Å². The third kappa shape index (κ3) is 12.9. The van der Waals surface area contributed by atoms with E-state index < -0.39 is 80.7 Å². The second-order valence-corrected chi connectivity index (χ2v) is 16.6. The molecule has 0 aromatic heterocycles. The minimum absolute atomic E-state index is 0.200. The Bertz CT molecular complexity index is 1710. The van der Waals surface area contributed by atoms with Crippen LogP contribution in [0, 0.1) is 11.8 Å². The Kier molecular flexibility index (Phi) is 16.9. The molecule has 19 heteroatoms. The van der Waals surface area contributed by atoms with Crippen molar-refractivity contribution in [2.75, 3.05) is 33.1 Å². The molecule has 0 saturated carbocycles. The summed E-state index contributed by atoms with van der Waals surface area (Å²) in [5.74, 6) is -5.43. The molecule has 0 bridgehead atoms. The van der Waals surface area contributed by atoms with Crippen LogP contribution in [0.5, 0.6) is 0 Å². The number of allylic oxidation sites excluding steroid dienone is 1. The van der Waals surface area contributed by atoms with Crippen molar-refractivity contribution in [1.29, 1.82) is 0 Å². The van der Waals surface area contributed by atoms with Gasteiger partial charge in [0.1, 0.15) is 17.7 Å². The topological polar surface area (TPSA) is 190 Å². The number of likely N-dealkylation sites (N-methyl/N-ethyl adjacent to an activating group) is 1. The molecule has 5 amide bonds. The van der Waals surface area contributed by atoms with Crippen molar-refractivity contribution in [1.82, 2.24) is 19.8 Å². The molecule has 1 heterocycles. The number of nitrogens with one attached hydrogen (secondary N) is 3. The Morgan fingerprint density at radius 3 is 2.07 bits per heavy atom. The minimum atomic E-state index is -5.15. The normalized spacial score (nSPS) is 17.6. The number of hydrogen-bond donors (Lipinski definition) is 3. The quantitative estimate of drug-likeness (QED) is 0.210. The van der Waals surface area contributed by atoms with Crippen LogP contribution in [0.4, 0.5) is 23.7 Å². The maximum atomic E-state index is 14.0. The van der Waals surface area contributed by atoms with E-state index in [1.165, 1.54) is 26.0 Å². The Labute approximate surface area is 327 Å². The SMILES string of the molecule is CC/C(C)=C(\[C@@H](CC(=O)N1CCC[C@H]1[C@H](OC)[C@@H](C)C(=O)NS(=O)(=O)c1ccc(NC(=O)C(F)(F)F)cc1)OC)N(C)C(=O)[C@@H](NC(=O)OC(C)(C)C)C(C)C. The number of sulfonamides is 1. The third-order valence-electron chi connectivity index (χ3n) is 9.31. The molecule has 15 nitrogen and oxygen atoms in total. The highest BCUT2D eigenvalue weighted by atomic mass is 32.2. The van der Waals surface area contributed by atoms with Gasteiger partial charge in [0.2, 0.25) is 17.7 Å². The van der Waals surface area contributed by atoms with Crippen molar-refractivity contribution in [3.05, 3.63) is 35.5 Å². The van der Waals surface area contributed by atoms with E-state index in [0.717, 1.165) is 29.8 Å². The van der Waals surface area contributed by atoms with E-state index >= 15 is 0 Å². The molecule has 1 saturated heterocycles. The van der Waals surface area contributed by atoms with Gasteiger partial charge in [-0.2, -0.15) is 13.2 Å². The van der Waals surface area contributed by atoms with Crippen molar-refractivity contribution < 1.29 is 59.8 Å². The lowest BCUT2D eigenvalue weighted by atomic mass is 9.94. The number of rotatable bonds is 16. The van der Waals surface area contributed by atoms with Crippen molar-refractivity contribution in [3.8, 4) is 0 Å². The van der Waals surface area contributed by atoms with Gasteiger partial charge in [0.25, 0.3) is 10.0 Å². The number of benzene rings is 1. The summed E-state index contributed by atoms with van der Waals surface area (Å²) in [6.07, 6.45) is -6.46. The number of anilines is 1. The summed E-state index contributed by atoms with van der Waals surface area (Å²) in [6, 6.07) is 2.14. The van der Waals surface area contributed by atoms with Gasteiger partial charge >= 0.3 is 18.2 Å². The first-order chi connectivity index (χ1) is 25.8. The van der Waals surface area contributed by atoms with Crippen LogP contribution < -0.4 is 15.4 Å². The number of hydrogen-bond acceptors (Lipinski definition) is 10. The lowest BCUT2D eigenvalue weighted by Crippen LogP contribution is -2.53. The second kappa shape index (κ2) is 19.8. The van der Waals surface area contributed by atoms with Gasteiger partial charge in [-0.05, 0) is 77.1 Å². The third-order valence-corrected chi connectivity index (χ3v) is 10.7. The number of carbonyl (C=O) groups is 5. The molecule has 3 N–H and O–H groups in total. The largest absolute Gasteiger partial charge is 0.471 e. The van der Waals surface area contributed by atoms with Gasteiger partial charge in [-0.3, -0.25) is 19.2 Å². The number of alkyl halides is 3. The van der Waals surface area contributed by atoms with E-state index in [1.807, 2.05) is 18.6 Å². The van der Waals surface area contributed by atoms with Crippen molar-refractivity contribution in [3.63, 3.8) is 0 Å². The first kappa shape index (κ1) is 47.9. The fraction of sp³-hybridized carbons (Fsp3) is 0.649. The Morgan fingerprint density at radius 1 is 1.00 bits per heavy atom. The van der Waals surface area contributed by atoms with Crippen molar-refractivity contribution in [2.45, 2.75) is 122 Å². The standard InChI is InChI=1S/C37H56F3N5O10S/c1-12-22(4)30(44(9)33(48)29(21(2)3)42-35(50)55-36(6,7)8)27(53-10)20-28(46)45-19-13-14-26(45)31(54-11)23(5)32(47)43-56(51,52)25-17-15-24(16-18-25)41-34(49)37(38,39)40/h15-18,21,23,26-27,29,31H,12-14,19-20H2,1-11H3,(H,41,49)(H,42,50)(H,43,47)/b30-22+/t23-,26+,27-,29+,31-/m1/s1. The van der Waals surface area contributed by atoms with E-state index in [2.05, 4.69) is 5.32 Å². The number of nitrogens with zero attached hydrogens (tertiary/aromatic N) is 2. The molecule has 1 fully saturated rings. The highest BCUT2D eigenvalue weighted by molar-refractivity contribution is 7.90. The van der Waals surface area contributed by atoms with Crippen molar-refractivity contribution in [2.24, 2.45) is 11.8 Å². The molecule has 56 heavy (non-hydrogen) atoms. The molecule has 1 aliphatic rings. The zero-order chi connectivity index (χ0) is 42.9. The number of alkyl carbamates (subject to hydrolysis) is 1. The van der Waals surface area contributed by atoms with Gasteiger partial charge in [-0.15, -0.1) is 0 Å². The van der Waals surface area contributed by atoms with Gasteiger partial charge in [-0.25, -0.2) is 17.9 Å². The highest BCUT2D eigenvalue weighted by Crippen LogP contribution is 2.30. The number of methoxy groups -OCH3 is 2. The summed E-state index contributed by atoms with van der Waals surface area (Å²) < 4.78 is 82.7. The maximum absolute atomic E-state index is 14.0. The maximum Gasteiger partial charge on any atom is 0.471 e. The fourth-order valence-corrected chi connectivity index (χ4v) is 7.36. The van der Waals surface area contributed by atoms with E-state index in [0.29, 0.717) is 31.5 Å². The Hall–Kier alpha value is -4.23. The van der Waals surface area contributed by atoms with Gasteiger partial charge < -0.3 is 34.6 Å². The second-order valence-electron chi connectivity index (χ2n) is 14.9. The van der Waals surface area contributed by atoms with Gasteiger partial charge in [0.05, 0.1) is 29.4 Å². The molecule has 0 unspecified atom stereocenters. The number of likely N-dealkylation sites (tertiary alicyclic amines) is 1. The summed E-state index contributed by atoms with van der Waals surface area (Å²) in [6.45, 7) is 14.1. The number of carbonyl (C=O) groups excluding carboxylic acids is 5. The Morgan fingerprint density at radius 2 is 1.59 bits per heavy atom. The number of amides is 5. The van der Waals surface area contributed by atoms with Crippen molar-refractivity contribution >= 4 is 45.4 Å². The zero-order valence-corrected chi connectivity index (χ0v) is 34.6. The molecular weight excluding hydrogens is 763 g/mol. The molecule has 0 radical (unpaired) electrons. The summed E-state index contributed by atoms with van der Waals surface area (Å²) in [5, 5.41) is 4.27. The van der Waals surface area contributed by atoms with Gasteiger partial charge in [-0.1, -0.05) is 33.3 Å². The van der Waals surface area contributed by atoms with Gasteiger partial charge in [0, 0.05) is 39.2 Å². The Balaban J connectivity index is 2.26. The molecule has 1 aromatic carbocycles. The smallest absolute Gasteiger partial charge is 0.444 e. The lowest BCUT2D eigenvalue weighted by Gasteiger charge is -2.36. The molecule has 1 aromatic rings. The summed E-state index contributed by atoms with van der Waals surface area (Å²) >= 11 is 0. The molecular formula is C37H56F3N5O10S. The predicted molar refractivity (Wildman–Crippen MR) is 200 cm³/mol. The molecule has 1 aliphatic heterocycles. The van der Waals surface area contributed by atoms with Crippen LogP contribution in [0.3, 0.4) is 0 Å².